The van der Waals surface area contributed by atoms with Crippen LogP contribution < -0.4 is 5.32 Å². The zero-order valence-electron chi connectivity index (χ0n) is 12.9. The molecule has 22 heavy (non-hydrogen) atoms. The van der Waals surface area contributed by atoms with Crippen LogP contribution in [-0.2, 0) is 20.1 Å². The molecule has 0 spiro atoms. The normalized spacial score (nSPS) is 17.0. The van der Waals surface area contributed by atoms with Crippen molar-refractivity contribution in [3.63, 3.8) is 0 Å². The highest BCUT2D eigenvalue weighted by atomic mass is 35.5. The van der Waals surface area contributed by atoms with Gasteiger partial charge in [0, 0.05) is 24.7 Å². The molecule has 6 heteroatoms. The number of nitrogens with one attached hydrogen (secondary N) is 1. The molecular weight excluding hydrogens is 298 g/mol. The summed E-state index contributed by atoms with van der Waals surface area (Å²) in [5, 5.41) is 8.66. The molecule has 118 valence electrons. The number of hydrogen-bond acceptors (Lipinski definition) is 4. The van der Waals surface area contributed by atoms with Gasteiger partial charge in [0.1, 0.15) is 6.33 Å². The molecule has 1 fully saturated rings. The summed E-state index contributed by atoms with van der Waals surface area (Å²) in [5.41, 5.74) is 1.33. The number of hydrogen-bond donors (Lipinski definition) is 1. The standard InChI is InChI=1S/C16H22ClN5/c1-21-12-19-16(20-21)10-18-15-6-8-22(9-7-15)11-13-2-4-14(17)5-3-13/h2-5,12,15,18H,6-11H2,1H3. The van der Waals surface area contributed by atoms with Crippen LogP contribution in [0.3, 0.4) is 0 Å². The van der Waals surface area contributed by atoms with Crippen LogP contribution in [0.25, 0.3) is 0 Å². The van der Waals surface area contributed by atoms with E-state index in [2.05, 4.69) is 32.4 Å². The molecule has 3 rings (SSSR count). The van der Waals surface area contributed by atoms with Crippen molar-refractivity contribution in [2.75, 3.05) is 13.1 Å². The number of aryl methyl sites for hydroxylation is 1. The van der Waals surface area contributed by atoms with Crippen LogP contribution in [0.5, 0.6) is 0 Å². The Bertz CT molecular complexity index is 587. The fourth-order valence-electron chi connectivity index (χ4n) is 2.84. The molecule has 5 nitrogen and oxygen atoms in total. The molecule has 2 heterocycles. The molecule has 0 aliphatic carbocycles. The highest BCUT2D eigenvalue weighted by Gasteiger charge is 2.19. The number of halogens is 1. The lowest BCUT2D eigenvalue weighted by Crippen LogP contribution is -2.42. The quantitative estimate of drug-likeness (QED) is 0.918. The fourth-order valence-corrected chi connectivity index (χ4v) is 2.97. The number of nitrogens with zero attached hydrogens (tertiary/aromatic N) is 4. The van der Waals surface area contributed by atoms with Crippen molar-refractivity contribution in [1.82, 2.24) is 25.0 Å². The molecule has 2 aromatic rings. The van der Waals surface area contributed by atoms with E-state index in [-0.39, 0.29) is 0 Å². The van der Waals surface area contributed by atoms with E-state index >= 15 is 0 Å². The van der Waals surface area contributed by atoms with Crippen molar-refractivity contribution in [2.45, 2.75) is 32.0 Å². The zero-order valence-corrected chi connectivity index (χ0v) is 13.6. The van der Waals surface area contributed by atoms with Gasteiger partial charge in [0.25, 0.3) is 0 Å². The molecule has 0 atom stereocenters. The van der Waals surface area contributed by atoms with Gasteiger partial charge in [-0.25, -0.2) is 4.98 Å². The first-order valence-corrected chi connectivity index (χ1v) is 8.11. The van der Waals surface area contributed by atoms with Crippen LogP contribution in [-0.4, -0.2) is 38.8 Å². The van der Waals surface area contributed by atoms with E-state index in [9.17, 15) is 0 Å². The maximum atomic E-state index is 5.93. The van der Waals surface area contributed by atoms with Crippen LogP contribution >= 0.6 is 11.6 Å². The van der Waals surface area contributed by atoms with E-state index in [0.717, 1.165) is 37.0 Å². The molecular formula is C16H22ClN5. The Hall–Kier alpha value is -1.43. The van der Waals surface area contributed by atoms with Crippen molar-refractivity contribution in [2.24, 2.45) is 7.05 Å². The lowest BCUT2D eigenvalue weighted by molar-refractivity contribution is 0.189. The largest absolute Gasteiger partial charge is 0.307 e. The number of rotatable bonds is 5. The Balaban J connectivity index is 1.41. The Kier molecular flexibility index (Phi) is 5.08. The monoisotopic (exact) mass is 319 g/mol. The van der Waals surface area contributed by atoms with Crippen LogP contribution in [0.2, 0.25) is 5.02 Å². The number of likely N-dealkylation sites (tertiary alicyclic amines) is 1. The van der Waals surface area contributed by atoms with Crippen LogP contribution in [0.15, 0.2) is 30.6 Å². The van der Waals surface area contributed by atoms with E-state index in [0.29, 0.717) is 6.04 Å². The predicted octanol–water partition coefficient (Wildman–Crippen LogP) is 2.22. The average molecular weight is 320 g/mol. The van der Waals surface area contributed by atoms with Gasteiger partial charge in [0.05, 0.1) is 6.54 Å². The van der Waals surface area contributed by atoms with E-state index in [1.807, 2.05) is 19.2 Å². The van der Waals surface area contributed by atoms with Gasteiger partial charge in [-0.1, -0.05) is 23.7 Å². The molecule has 1 aromatic carbocycles. The van der Waals surface area contributed by atoms with E-state index in [1.165, 1.54) is 18.4 Å². The Labute approximate surface area is 136 Å². The topological polar surface area (TPSA) is 46.0 Å². The molecule has 1 N–H and O–H groups in total. The van der Waals surface area contributed by atoms with Gasteiger partial charge in [-0.2, -0.15) is 5.10 Å². The number of aromatic nitrogens is 3. The summed E-state index contributed by atoms with van der Waals surface area (Å²) in [7, 11) is 1.89. The smallest absolute Gasteiger partial charge is 0.164 e. The van der Waals surface area contributed by atoms with Gasteiger partial charge in [0.2, 0.25) is 0 Å². The van der Waals surface area contributed by atoms with Crippen molar-refractivity contribution in [3.8, 4) is 0 Å². The Morgan fingerprint density at radius 1 is 1.23 bits per heavy atom. The molecule has 0 saturated carbocycles. The first-order valence-electron chi connectivity index (χ1n) is 7.74. The predicted molar refractivity (Wildman–Crippen MR) is 87.6 cm³/mol. The van der Waals surface area contributed by atoms with Crippen LogP contribution in [0.1, 0.15) is 24.2 Å². The Morgan fingerprint density at radius 2 is 1.95 bits per heavy atom. The molecule has 0 unspecified atom stereocenters. The molecule has 0 radical (unpaired) electrons. The second-order valence-corrected chi connectivity index (χ2v) is 6.33. The third-order valence-corrected chi connectivity index (χ3v) is 4.35. The third-order valence-electron chi connectivity index (χ3n) is 4.10. The third kappa shape index (κ3) is 4.29. The minimum atomic E-state index is 0.560. The summed E-state index contributed by atoms with van der Waals surface area (Å²) >= 11 is 5.93. The van der Waals surface area contributed by atoms with Gasteiger partial charge < -0.3 is 5.32 Å². The highest BCUT2D eigenvalue weighted by molar-refractivity contribution is 6.30. The maximum absolute atomic E-state index is 5.93. The molecule has 0 amide bonds. The number of piperidine rings is 1. The summed E-state index contributed by atoms with van der Waals surface area (Å²) in [6, 6.07) is 8.71. The second kappa shape index (κ2) is 7.22. The van der Waals surface area contributed by atoms with Crippen molar-refractivity contribution >= 4 is 11.6 Å². The highest BCUT2D eigenvalue weighted by Crippen LogP contribution is 2.16. The molecule has 1 saturated heterocycles. The fraction of sp³-hybridized carbons (Fsp3) is 0.500. The van der Waals surface area contributed by atoms with Gasteiger partial charge in [-0.15, -0.1) is 0 Å². The zero-order chi connectivity index (χ0) is 15.4. The minimum Gasteiger partial charge on any atom is -0.307 e. The van der Waals surface area contributed by atoms with E-state index in [1.54, 1.807) is 11.0 Å². The number of benzene rings is 1. The Morgan fingerprint density at radius 3 is 2.59 bits per heavy atom. The summed E-state index contributed by atoms with van der Waals surface area (Å²) in [4.78, 5) is 6.75. The van der Waals surface area contributed by atoms with Gasteiger partial charge in [-0.05, 0) is 43.6 Å². The lowest BCUT2D eigenvalue weighted by atomic mass is 10.0. The molecule has 1 aliphatic heterocycles. The first-order chi connectivity index (χ1) is 10.7. The minimum absolute atomic E-state index is 0.560. The van der Waals surface area contributed by atoms with Crippen LogP contribution in [0, 0.1) is 0 Å². The van der Waals surface area contributed by atoms with Crippen molar-refractivity contribution < 1.29 is 0 Å². The van der Waals surface area contributed by atoms with Gasteiger partial charge in [-0.3, -0.25) is 9.58 Å². The summed E-state index contributed by atoms with van der Waals surface area (Å²) in [6.45, 7) is 4.00. The van der Waals surface area contributed by atoms with E-state index in [4.69, 9.17) is 11.6 Å². The van der Waals surface area contributed by atoms with E-state index < -0.39 is 0 Å². The van der Waals surface area contributed by atoms with Crippen molar-refractivity contribution in [3.05, 3.63) is 47.0 Å². The van der Waals surface area contributed by atoms with Gasteiger partial charge in [0.15, 0.2) is 5.82 Å². The molecule has 1 aromatic heterocycles. The molecule has 0 bridgehead atoms. The average Bonchev–Trinajstić information content (AvgIpc) is 2.94. The first kappa shape index (κ1) is 15.5. The SMILES string of the molecule is Cn1cnc(CNC2CCN(Cc3ccc(Cl)cc3)CC2)n1. The maximum Gasteiger partial charge on any atom is 0.164 e. The van der Waals surface area contributed by atoms with Gasteiger partial charge >= 0.3 is 0 Å². The molecule has 1 aliphatic rings. The van der Waals surface area contributed by atoms with Crippen molar-refractivity contribution in [1.29, 1.82) is 0 Å². The summed E-state index contributed by atoms with van der Waals surface area (Å²) in [5.74, 6) is 0.867. The lowest BCUT2D eigenvalue weighted by Gasteiger charge is -2.32. The second-order valence-electron chi connectivity index (χ2n) is 5.89. The summed E-state index contributed by atoms with van der Waals surface area (Å²) in [6.07, 6.45) is 4.08. The summed E-state index contributed by atoms with van der Waals surface area (Å²) < 4.78 is 1.74. The van der Waals surface area contributed by atoms with Crippen LogP contribution in [0.4, 0.5) is 0 Å².